The van der Waals surface area contributed by atoms with Crippen molar-refractivity contribution >= 4 is 17.9 Å². The smallest absolute Gasteiger partial charge is 0.306 e. The summed E-state index contributed by atoms with van der Waals surface area (Å²) in [6.07, 6.45) is 97.8. The Bertz CT molecular complexity index is 1730. The molecule has 0 amide bonds. The second kappa shape index (κ2) is 69.0. The van der Waals surface area contributed by atoms with Gasteiger partial charge in [0, 0.05) is 19.3 Å². The summed E-state index contributed by atoms with van der Waals surface area (Å²) in [6.45, 7) is 6.41. The van der Waals surface area contributed by atoms with Crippen LogP contribution in [0.15, 0.2) is 134 Å². The minimum absolute atomic E-state index is 0.106. The van der Waals surface area contributed by atoms with Gasteiger partial charge in [0.05, 0.1) is 0 Å². The number of unbranched alkanes of at least 4 members (excludes halogenated alkanes) is 28. The fraction of sp³-hybridized carbons (Fsp3) is 0.671. The number of carbonyl (C=O) groups is 3. The molecule has 0 spiro atoms. The highest BCUT2D eigenvalue weighted by molar-refractivity contribution is 5.71. The van der Waals surface area contributed by atoms with Gasteiger partial charge in [0.2, 0.25) is 0 Å². The lowest BCUT2D eigenvalue weighted by molar-refractivity contribution is -0.167. The third-order valence-electron chi connectivity index (χ3n) is 14.3. The van der Waals surface area contributed by atoms with Crippen LogP contribution >= 0.6 is 0 Å². The van der Waals surface area contributed by atoms with E-state index in [2.05, 4.69) is 154 Å². The highest BCUT2D eigenvalue weighted by Crippen LogP contribution is 2.16. The van der Waals surface area contributed by atoms with Crippen LogP contribution in [-0.2, 0) is 28.6 Å². The molecule has 0 aromatic heterocycles. The summed E-state index contributed by atoms with van der Waals surface area (Å²) in [4.78, 5) is 38.3. The van der Waals surface area contributed by atoms with E-state index in [1.54, 1.807) is 0 Å². The summed E-state index contributed by atoms with van der Waals surface area (Å²) in [6, 6.07) is 0. The number of hydrogen-bond donors (Lipinski definition) is 0. The maximum atomic E-state index is 12.9. The highest BCUT2D eigenvalue weighted by atomic mass is 16.6. The lowest BCUT2D eigenvalue weighted by atomic mass is 10.0. The number of rotatable bonds is 61. The van der Waals surface area contributed by atoms with Crippen molar-refractivity contribution in [2.45, 2.75) is 316 Å². The molecule has 0 radical (unpaired) electrons. The van der Waals surface area contributed by atoms with Crippen LogP contribution in [0.3, 0.4) is 0 Å². The molecule has 6 heteroatoms. The summed E-state index contributed by atoms with van der Waals surface area (Å²) in [5.74, 6) is -0.974. The number of ether oxygens (including phenoxy) is 3. The second-order valence-corrected chi connectivity index (χ2v) is 22.3. The van der Waals surface area contributed by atoms with Gasteiger partial charge in [-0.05, 0) is 128 Å². The maximum absolute atomic E-state index is 12.9. The Morgan fingerprint density at radius 2 is 0.512 bits per heavy atom. The van der Waals surface area contributed by atoms with Crippen molar-refractivity contribution in [1.29, 1.82) is 0 Å². The first kappa shape index (κ1) is 77.5. The van der Waals surface area contributed by atoms with Gasteiger partial charge < -0.3 is 14.2 Å². The van der Waals surface area contributed by atoms with Crippen molar-refractivity contribution in [3.05, 3.63) is 134 Å². The lowest BCUT2D eigenvalue weighted by Gasteiger charge is -2.18. The Morgan fingerprint density at radius 3 is 0.841 bits per heavy atom. The number of carbonyl (C=O) groups excluding carboxylic acids is 3. The van der Waals surface area contributed by atoms with E-state index < -0.39 is 6.10 Å². The molecule has 82 heavy (non-hydrogen) atoms. The van der Waals surface area contributed by atoms with Gasteiger partial charge in [0.15, 0.2) is 6.10 Å². The van der Waals surface area contributed by atoms with Crippen LogP contribution < -0.4 is 0 Å². The molecule has 0 aliphatic carbocycles. The molecule has 1 unspecified atom stereocenters. The average molecular weight is 1140 g/mol. The zero-order valence-electron chi connectivity index (χ0n) is 53.5. The molecule has 0 rings (SSSR count). The van der Waals surface area contributed by atoms with E-state index in [9.17, 15) is 14.4 Å². The molecule has 0 bridgehead atoms. The van der Waals surface area contributed by atoms with Crippen LogP contribution in [0.4, 0.5) is 0 Å². The molecule has 0 saturated heterocycles. The van der Waals surface area contributed by atoms with E-state index in [0.717, 1.165) is 122 Å². The molecule has 1 atom stereocenters. The Hall–Kier alpha value is -4.45. The standard InChI is InChI=1S/C76H126O6/c1-4-7-10-13-16-19-22-24-26-28-30-32-34-35-36-37-38-39-40-41-43-44-46-48-50-52-54-57-60-63-66-69-75(78)81-72-73(71-80-74(77)68-65-62-59-56-21-18-15-12-9-6-3)82-76(79)70-67-64-61-58-55-53-51-49-47-45-42-33-31-29-27-25-23-20-17-14-11-8-5-2/h8,11-12,15,17,20,22,24-25,27-28,30-31,33-35,45,47,51,53,58,61,73H,4-7,9-10,13-14,16,18-19,21,23,26,29,32,36-44,46,48-50,52,54-57,59-60,62-72H2,1-3H3/b11-8-,15-12-,20-17-,24-22-,27-25-,30-28-,33-31-,35-34-,47-45-,53-51-,61-58-. The van der Waals surface area contributed by atoms with E-state index >= 15 is 0 Å². The first-order chi connectivity index (χ1) is 40.5. The van der Waals surface area contributed by atoms with E-state index in [0.29, 0.717) is 19.3 Å². The SMILES string of the molecule is CC/C=C\C/C=C\C/C=C\C/C=C\C/C=C\C/C=C\C/C=C\CCCC(=O)OC(COC(=O)CCCCCCC/C=C\CCC)COC(=O)CCCCCCCCCCCCCCCCCC/C=C\C/C=C\C/C=C\CCCCCCC. The van der Waals surface area contributed by atoms with Gasteiger partial charge in [-0.2, -0.15) is 0 Å². The van der Waals surface area contributed by atoms with Crippen molar-refractivity contribution in [3.8, 4) is 0 Å². The zero-order valence-corrected chi connectivity index (χ0v) is 53.5. The first-order valence-electron chi connectivity index (χ1n) is 34.2. The summed E-state index contributed by atoms with van der Waals surface area (Å²) in [5, 5.41) is 0. The van der Waals surface area contributed by atoms with Gasteiger partial charge in [0.1, 0.15) is 13.2 Å². The predicted molar refractivity (Wildman–Crippen MR) is 357 cm³/mol. The molecule has 6 nitrogen and oxygen atoms in total. The van der Waals surface area contributed by atoms with Crippen molar-refractivity contribution < 1.29 is 28.6 Å². The van der Waals surface area contributed by atoms with Crippen LogP contribution in [0.5, 0.6) is 0 Å². The van der Waals surface area contributed by atoms with Crippen molar-refractivity contribution in [1.82, 2.24) is 0 Å². The van der Waals surface area contributed by atoms with E-state index in [1.165, 1.54) is 141 Å². The monoisotopic (exact) mass is 1130 g/mol. The van der Waals surface area contributed by atoms with Crippen LogP contribution in [-0.4, -0.2) is 37.2 Å². The number of allylic oxidation sites excluding steroid dienone is 22. The average Bonchev–Trinajstić information content (AvgIpc) is 3.47. The van der Waals surface area contributed by atoms with Gasteiger partial charge >= 0.3 is 17.9 Å². The maximum Gasteiger partial charge on any atom is 0.306 e. The lowest BCUT2D eigenvalue weighted by Crippen LogP contribution is -2.30. The molecular weight excluding hydrogens is 1010 g/mol. The Kier molecular flexibility index (Phi) is 65.3. The van der Waals surface area contributed by atoms with Gasteiger partial charge in [-0.25, -0.2) is 0 Å². The Morgan fingerprint density at radius 1 is 0.256 bits per heavy atom. The predicted octanol–water partition coefficient (Wildman–Crippen LogP) is 23.7. The zero-order chi connectivity index (χ0) is 59.2. The quantitative estimate of drug-likeness (QED) is 0.0261. The van der Waals surface area contributed by atoms with Gasteiger partial charge in [0.25, 0.3) is 0 Å². The van der Waals surface area contributed by atoms with Crippen LogP contribution in [0.1, 0.15) is 310 Å². The number of hydrogen-bond acceptors (Lipinski definition) is 6. The molecule has 0 N–H and O–H groups in total. The summed E-state index contributed by atoms with van der Waals surface area (Å²) >= 11 is 0. The normalized spacial score (nSPS) is 13.0. The van der Waals surface area contributed by atoms with Crippen LogP contribution in [0.25, 0.3) is 0 Å². The molecule has 0 saturated carbocycles. The molecule has 0 aliphatic heterocycles. The van der Waals surface area contributed by atoms with Crippen molar-refractivity contribution in [2.24, 2.45) is 0 Å². The molecule has 0 aromatic carbocycles. The molecule has 0 fully saturated rings. The first-order valence-corrected chi connectivity index (χ1v) is 34.2. The van der Waals surface area contributed by atoms with Gasteiger partial charge in [-0.1, -0.05) is 296 Å². The molecule has 0 aromatic rings. The van der Waals surface area contributed by atoms with Gasteiger partial charge in [-0.15, -0.1) is 0 Å². The fourth-order valence-corrected chi connectivity index (χ4v) is 9.27. The Labute approximate surface area is 506 Å². The van der Waals surface area contributed by atoms with Crippen molar-refractivity contribution in [2.75, 3.05) is 13.2 Å². The van der Waals surface area contributed by atoms with E-state index in [4.69, 9.17) is 14.2 Å². The van der Waals surface area contributed by atoms with Crippen molar-refractivity contribution in [3.63, 3.8) is 0 Å². The second-order valence-electron chi connectivity index (χ2n) is 22.3. The molecule has 0 aliphatic rings. The summed E-state index contributed by atoms with van der Waals surface area (Å²) < 4.78 is 16.8. The van der Waals surface area contributed by atoms with Gasteiger partial charge in [-0.3, -0.25) is 14.4 Å². The summed E-state index contributed by atoms with van der Waals surface area (Å²) in [7, 11) is 0. The fourth-order valence-electron chi connectivity index (χ4n) is 9.27. The van der Waals surface area contributed by atoms with Crippen LogP contribution in [0.2, 0.25) is 0 Å². The number of esters is 3. The topological polar surface area (TPSA) is 78.9 Å². The van der Waals surface area contributed by atoms with Crippen LogP contribution in [0, 0.1) is 0 Å². The molecule has 466 valence electrons. The van der Waals surface area contributed by atoms with E-state index in [1.807, 2.05) is 0 Å². The Balaban J connectivity index is 4.27. The summed E-state index contributed by atoms with van der Waals surface area (Å²) in [5.41, 5.74) is 0. The minimum atomic E-state index is -0.816. The largest absolute Gasteiger partial charge is 0.462 e. The molecule has 0 heterocycles. The molecular formula is C76H126O6. The highest BCUT2D eigenvalue weighted by Gasteiger charge is 2.19. The third kappa shape index (κ3) is 66.4. The van der Waals surface area contributed by atoms with E-state index in [-0.39, 0.29) is 37.5 Å². The minimum Gasteiger partial charge on any atom is -0.462 e. The third-order valence-corrected chi connectivity index (χ3v) is 14.3.